The Morgan fingerprint density at radius 1 is 1.10 bits per heavy atom. The maximum atomic E-state index is 13.2. The molecule has 9 heteroatoms. The van der Waals surface area contributed by atoms with Gasteiger partial charge in [0.25, 0.3) is 0 Å². The van der Waals surface area contributed by atoms with Crippen molar-refractivity contribution in [2.45, 2.75) is 33.2 Å². The molecule has 0 unspecified atom stereocenters. The SMILES string of the molecule is Cc1nn(-c2ccc(F)cc2)c(C)c1CC(=O)NCCCn1nc2ccccn2c1=O. The second-order valence-corrected chi connectivity index (χ2v) is 7.35. The van der Waals surface area contributed by atoms with Gasteiger partial charge in [-0.05, 0) is 56.7 Å². The Morgan fingerprint density at radius 2 is 1.87 bits per heavy atom. The number of pyridine rings is 1. The maximum absolute atomic E-state index is 13.2. The predicted octanol–water partition coefficient (Wildman–Crippen LogP) is 2.19. The lowest BCUT2D eigenvalue weighted by atomic mass is 10.1. The Bertz CT molecular complexity index is 1290. The highest BCUT2D eigenvalue weighted by Crippen LogP contribution is 2.18. The number of aromatic nitrogens is 5. The van der Waals surface area contributed by atoms with Crippen molar-refractivity contribution in [2.24, 2.45) is 0 Å². The number of nitrogens with zero attached hydrogens (tertiary/aromatic N) is 5. The molecule has 160 valence electrons. The van der Waals surface area contributed by atoms with Gasteiger partial charge in [-0.15, -0.1) is 5.10 Å². The van der Waals surface area contributed by atoms with E-state index >= 15 is 0 Å². The molecular formula is C22H23FN6O2. The van der Waals surface area contributed by atoms with Gasteiger partial charge in [-0.1, -0.05) is 6.07 Å². The number of rotatable bonds is 7. The van der Waals surface area contributed by atoms with Gasteiger partial charge in [0.2, 0.25) is 5.91 Å². The van der Waals surface area contributed by atoms with Gasteiger partial charge in [-0.25, -0.2) is 18.5 Å². The molecule has 0 aliphatic rings. The number of halogens is 1. The standard InChI is InChI=1S/C22H23FN6O2/c1-15-19(16(2)29(25-15)18-9-7-17(23)8-10-18)14-21(30)24-11-5-13-28-22(31)27-12-4-3-6-20(27)26-28/h3-4,6-10,12H,5,11,13-14H2,1-2H3,(H,24,30). The van der Waals surface area contributed by atoms with E-state index in [2.05, 4.69) is 15.5 Å². The molecule has 0 aliphatic heterocycles. The maximum Gasteiger partial charge on any atom is 0.350 e. The molecule has 3 heterocycles. The van der Waals surface area contributed by atoms with E-state index < -0.39 is 0 Å². The Labute approximate surface area is 177 Å². The first kappa shape index (κ1) is 20.5. The Balaban J connectivity index is 1.34. The van der Waals surface area contributed by atoms with E-state index in [4.69, 9.17) is 0 Å². The Morgan fingerprint density at radius 3 is 2.61 bits per heavy atom. The van der Waals surface area contributed by atoms with Crippen LogP contribution in [0.3, 0.4) is 0 Å². The average molecular weight is 422 g/mol. The Hall–Kier alpha value is -3.75. The molecule has 0 radical (unpaired) electrons. The van der Waals surface area contributed by atoms with E-state index in [1.807, 2.05) is 19.9 Å². The molecule has 3 aromatic heterocycles. The number of carbonyl (C=O) groups is 1. The van der Waals surface area contributed by atoms with Crippen molar-refractivity contribution in [3.05, 3.63) is 81.9 Å². The molecular weight excluding hydrogens is 399 g/mol. The van der Waals surface area contributed by atoms with Crippen LogP contribution in [0.1, 0.15) is 23.4 Å². The van der Waals surface area contributed by atoms with Crippen molar-refractivity contribution in [3.8, 4) is 5.69 Å². The van der Waals surface area contributed by atoms with Gasteiger partial charge in [-0.2, -0.15) is 5.10 Å². The highest BCUT2D eigenvalue weighted by Gasteiger charge is 2.16. The van der Waals surface area contributed by atoms with Crippen LogP contribution in [0.4, 0.5) is 4.39 Å². The minimum absolute atomic E-state index is 0.118. The van der Waals surface area contributed by atoms with Crippen molar-refractivity contribution in [1.82, 2.24) is 29.3 Å². The van der Waals surface area contributed by atoms with E-state index in [0.29, 0.717) is 25.2 Å². The van der Waals surface area contributed by atoms with Crippen molar-refractivity contribution in [2.75, 3.05) is 6.54 Å². The lowest BCUT2D eigenvalue weighted by Gasteiger charge is -2.07. The molecule has 1 N–H and O–H groups in total. The summed E-state index contributed by atoms with van der Waals surface area (Å²) in [6.07, 6.45) is 2.47. The van der Waals surface area contributed by atoms with Crippen LogP contribution in [-0.4, -0.2) is 36.4 Å². The van der Waals surface area contributed by atoms with Gasteiger partial charge < -0.3 is 5.32 Å². The fourth-order valence-electron chi connectivity index (χ4n) is 3.56. The highest BCUT2D eigenvalue weighted by molar-refractivity contribution is 5.79. The molecule has 0 atom stereocenters. The van der Waals surface area contributed by atoms with Gasteiger partial charge in [0.15, 0.2) is 5.65 Å². The summed E-state index contributed by atoms with van der Waals surface area (Å²) < 4.78 is 17.8. The number of aryl methyl sites for hydroxylation is 2. The zero-order chi connectivity index (χ0) is 22.0. The minimum Gasteiger partial charge on any atom is -0.356 e. The molecule has 4 rings (SSSR count). The first-order valence-electron chi connectivity index (χ1n) is 10.1. The number of nitrogens with one attached hydrogen (secondary N) is 1. The molecule has 4 aromatic rings. The van der Waals surface area contributed by atoms with Gasteiger partial charge in [-0.3, -0.25) is 9.20 Å². The number of benzene rings is 1. The van der Waals surface area contributed by atoms with E-state index in [9.17, 15) is 14.0 Å². The third-order valence-electron chi connectivity index (χ3n) is 5.21. The summed E-state index contributed by atoms with van der Waals surface area (Å²) in [7, 11) is 0. The summed E-state index contributed by atoms with van der Waals surface area (Å²) in [5.41, 5.74) is 3.59. The highest BCUT2D eigenvalue weighted by atomic mass is 19.1. The molecule has 0 bridgehead atoms. The normalized spacial score (nSPS) is 11.2. The number of hydrogen-bond donors (Lipinski definition) is 1. The second kappa shape index (κ2) is 8.55. The van der Waals surface area contributed by atoms with Crippen LogP contribution < -0.4 is 11.0 Å². The van der Waals surface area contributed by atoms with E-state index in [0.717, 1.165) is 22.6 Å². The number of carbonyl (C=O) groups excluding carboxylic acids is 1. The van der Waals surface area contributed by atoms with Crippen LogP contribution in [-0.2, 0) is 17.8 Å². The summed E-state index contributed by atoms with van der Waals surface area (Å²) in [6, 6.07) is 11.5. The molecule has 31 heavy (non-hydrogen) atoms. The predicted molar refractivity (Wildman–Crippen MR) is 114 cm³/mol. The first-order valence-corrected chi connectivity index (χ1v) is 10.1. The van der Waals surface area contributed by atoms with Crippen LogP contribution in [0.5, 0.6) is 0 Å². The van der Waals surface area contributed by atoms with Gasteiger partial charge in [0.05, 0.1) is 17.8 Å². The van der Waals surface area contributed by atoms with Crippen LogP contribution in [0.2, 0.25) is 0 Å². The molecule has 0 saturated carbocycles. The lowest BCUT2D eigenvalue weighted by molar-refractivity contribution is -0.120. The van der Waals surface area contributed by atoms with Crippen molar-refractivity contribution in [3.63, 3.8) is 0 Å². The molecule has 0 saturated heterocycles. The third kappa shape index (κ3) is 4.25. The summed E-state index contributed by atoms with van der Waals surface area (Å²) >= 11 is 0. The number of hydrogen-bond acceptors (Lipinski definition) is 4. The minimum atomic E-state index is -0.309. The van der Waals surface area contributed by atoms with Gasteiger partial charge >= 0.3 is 5.69 Å². The van der Waals surface area contributed by atoms with Crippen LogP contribution in [0.25, 0.3) is 11.3 Å². The molecule has 1 aromatic carbocycles. The largest absolute Gasteiger partial charge is 0.356 e. The third-order valence-corrected chi connectivity index (χ3v) is 5.21. The topological polar surface area (TPSA) is 86.2 Å². The van der Waals surface area contributed by atoms with Crippen LogP contribution in [0, 0.1) is 19.7 Å². The quantitative estimate of drug-likeness (QED) is 0.463. The monoisotopic (exact) mass is 422 g/mol. The van der Waals surface area contributed by atoms with E-state index in [1.54, 1.807) is 35.1 Å². The van der Waals surface area contributed by atoms with E-state index in [1.165, 1.54) is 21.2 Å². The van der Waals surface area contributed by atoms with Crippen LogP contribution in [0.15, 0.2) is 53.5 Å². The molecule has 8 nitrogen and oxygen atoms in total. The molecule has 0 aliphatic carbocycles. The molecule has 1 amide bonds. The molecule has 0 fully saturated rings. The van der Waals surface area contributed by atoms with Crippen molar-refractivity contribution < 1.29 is 9.18 Å². The van der Waals surface area contributed by atoms with Gasteiger partial charge in [0, 0.05) is 30.5 Å². The fourth-order valence-corrected chi connectivity index (χ4v) is 3.56. The second-order valence-electron chi connectivity index (χ2n) is 7.35. The summed E-state index contributed by atoms with van der Waals surface area (Å²) in [5.74, 6) is -0.428. The number of fused-ring (bicyclic) bond motifs is 1. The smallest absolute Gasteiger partial charge is 0.350 e. The van der Waals surface area contributed by atoms with Gasteiger partial charge in [0.1, 0.15) is 5.82 Å². The van der Waals surface area contributed by atoms with Crippen LogP contribution >= 0.6 is 0 Å². The Kier molecular flexibility index (Phi) is 5.66. The fraction of sp³-hybridized carbons (Fsp3) is 0.273. The molecule has 0 spiro atoms. The first-order chi connectivity index (χ1) is 14.9. The summed E-state index contributed by atoms with van der Waals surface area (Å²) in [4.78, 5) is 24.7. The van der Waals surface area contributed by atoms with Crippen molar-refractivity contribution >= 4 is 11.6 Å². The van der Waals surface area contributed by atoms with Crippen molar-refractivity contribution in [1.29, 1.82) is 0 Å². The zero-order valence-corrected chi connectivity index (χ0v) is 17.4. The number of amides is 1. The summed E-state index contributed by atoms with van der Waals surface area (Å²) in [6.45, 7) is 4.60. The zero-order valence-electron chi connectivity index (χ0n) is 17.4. The van der Waals surface area contributed by atoms with E-state index in [-0.39, 0.29) is 23.8 Å². The average Bonchev–Trinajstić information content (AvgIpc) is 3.23. The summed E-state index contributed by atoms with van der Waals surface area (Å²) in [5, 5.41) is 11.7. The lowest BCUT2D eigenvalue weighted by Crippen LogP contribution is -2.28.